The lowest BCUT2D eigenvalue weighted by molar-refractivity contribution is -0.137. The molecule has 0 bridgehead atoms. The number of rotatable bonds is 9. The second-order valence-corrected chi connectivity index (χ2v) is 9.55. The lowest BCUT2D eigenvalue weighted by Crippen LogP contribution is -2.33. The molecule has 12 heteroatoms. The molecule has 0 radical (unpaired) electrons. The first-order valence-corrected chi connectivity index (χ1v) is 12.6. The van der Waals surface area contributed by atoms with Crippen LogP contribution in [0.3, 0.4) is 0 Å². The van der Waals surface area contributed by atoms with Crippen LogP contribution in [-0.4, -0.2) is 74.3 Å². The number of amides is 1. The lowest BCUT2D eigenvalue weighted by atomic mass is 10.1. The standard InChI is InChI=1S/C25H30F3N7O2/c26-25(27,28)18-8-6-17(7-9-18)14-34-16-30-21-22(29-10-3-12-33-11-2-5-20(33)37)31-24(32-23(21)34)35-13-1-4-19(35)15-36/h6-9,16,19,36H,1-5,10-15H2,(H,29,31,32). The number of aliphatic hydroxyl groups is 1. The number of aromatic nitrogens is 4. The van der Waals surface area contributed by atoms with Crippen LogP contribution in [0.2, 0.25) is 0 Å². The number of anilines is 2. The Labute approximate surface area is 212 Å². The molecule has 2 fully saturated rings. The van der Waals surface area contributed by atoms with Crippen LogP contribution in [0.25, 0.3) is 11.2 Å². The molecule has 1 aromatic carbocycles. The Bertz CT molecular complexity index is 1250. The summed E-state index contributed by atoms with van der Waals surface area (Å²) in [6.45, 7) is 3.08. The van der Waals surface area contributed by atoms with Gasteiger partial charge in [0.1, 0.15) is 0 Å². The summed E-state index contributed by atoms with van der Waals surface area (Å²) in [6.07, 6.45) is 1.26. The molecule has 2 aliphatic rings. The van der Waals surface area contributed by atoms with Crippen molar-refractivity contribution in [1.82, 2.24) is 24.4 Å². The largest absolute Gasteiger partial charge is 0.416 e. The van der Waals surface area contributed by atoms with Gasteiger partial charge in [-0.25, -0.2) is 4.98 Å². The highest BCUT2D eigenvalue weighted by Crippen LogP contribution is 2.30. The number of alkyl halides is 3. The molecule has 0 spiro atoms. The van der Waals surface area contributed by atoms with Crippen LogP contribution in [0.4, 0.5) is 24.9 Å². The second kappa shape index (κ2) is 10.5. The summed E-state index contributed by atoms with van der Waals surface area (Å²) in [5.74, 6) is 1.23. The van der Waals surface area contributed by atoms with Crippen molar-refractivity contribution in [3.05, 3.63) is 41.7 Å². The summed E-state index contributed by atoms with van der Waals surface area (Å²) in [6, 6.07) is 4.99. The normalized spacial score (nSPS) is 18.4. The summed E-state index contributed by atoms with van der Waals surface area (Å²) < 4.78 is 40.7. The molecule has 0 saturated carbocycles. The Balaban J connectivity index is 1.39. The molecular formula is C25H30F3N7O2. The fourth-order valence-corrected chi connectivity index (χ4v) is 5.00. The van der Waals surface area contributed by atoms with Crippen LogP contribution in [-0.2, 0) is 17.5 Å². The summed E-state index contributed by atoms with van der Waals surface area (Å²) >= 11 is 0. The molecule has 1 atom stereocenters. The van der Waals surface area contributed by atoms with E-state index in [4.69, 9.17) is 9.97 Å². The number of nitrogens with zero attached hydrogens (tertiary/aromatic N) is 6. The maximum Gasteiger partial charge on any atom is 0.416 e. The third-order valence-corrected chi connectivity index (χ3v) is 7.00. The lowest BCUT2D eigenvalue weighted by Gasteiger charge is -2.23. The van der Waals surface area contributed by atoms with E-state index in [0.29, 0.717) is 54.5 Å². The maximum atomic E-state index is 13.0. The number of likely N-dealkylation sites (tertiary alicyclic amines) is 1. The maximum absolute atomic E-state index is 13.0. The van der Waals surface area contributed by atoms with E-state index in [1.807, 2.05) is 9.80 Å². The van der Waals surface area contributed by atoms with Gasteiger partial charge < -0.3 is 24.8 Å². The number of imidazole rings is 1. The minimum Gasteiger partial charge on any atom is -0.394 e. The van der Waals surface area contributed by atoms with Crippen molar-refractivity contribution in [2.24, 2.45) is 0 Å². The summed E-state index contributed by atoms with van der Waals surface area (Å²) in [4.78, 5) is 29.7. The van der Waals surface area contributed by atoms with Gasteiger partial charge in [0.05, 0.1) is 31.1 Å². The number of hydrogen-bond donors (Lipinski definition) is 2. The fraction of sp³-hybridized carbons (Fsp3) is 0.520. The number of carbonyl (C=O) groups excluding carboxylic acids is 1. The minimum absolute atomic E-state index is 0.00115. The molecule has 2 aromatic heterocycles. The van der Waals surface area contributed by atoms with E-state index in [9.17, 15) is 23.1 Å². The number of benzene rings is 1. The monoisotopic (exact) mass is 517 g/mol. The highest BCUT2D eigenvalue weighted by atomic mass is 19.4. The van der Waals surface area contributed by atoms with Crippen molar-refractivity contribution in [2.45, 2.75) is 50.9 Å². The van der Waals surface area contributed by atoms with Gasteiger partial charge in [0.2, 0.25) is 11.9 Å². The van der Waals surface area contributed by atoms with Crippen LogP contribution in [0.1, 0.15) is 43.2 Å². The molecular weight excluding hydrogens is 487 g/mol. The summed E-state index contributed by atoms with van der Waals surface area (Å²) in [5.41, 5.74) is 1.12. The first-order valence-electron chi connectivity index (χ1n) is 12.6. The zero-order valence-electron chi connectivity index (χ0n) is 20.4. The molecule has 37 heavy (non-hydrogen) atoms. The molecule has 2 N–H and O–H groups in total. The topological polar surface area (TPSA) is 99.4 Å². The van der Waals surface area contributed by atoms with Crippen LogP contribution in [0.5, 0.6) is 0 Å². The number of carbonyl (C=O) groups is 1. The van der Waals surface area contributed by atoms with Gasteiger partial charge in [0.25, 0.3) is 0 Å². The number of halogens is 3. The van der Waals surface area contributed by atoms with Crippen LogP contribution in [0, 0.1) is 0 Å². The Hall–Kier alpha value is -3.41. The van der Waals surface area contributed by atoms with Crippen molar-refractivity contribution in [3.8, 4) is 0 Å². The SMILES string of the molecule is O=C1CCCN1CCCNc1nc(N2CCCC2CO)nc2c1ncn2Cc1ccc(C(F)(F)F)cc1. The first-order chi connectivity index (χ1) is 17.8. The van der Waals surface area contributed by atoms with Gasteiger partial charge in [-0.15, -0.1) is 0 Å². The number of nitrogens with one attached hydrogen (secondary N) is 1. The molecule has 4 heterocycles. The van der Waals surface area contributed by atoms with Crippen molar-refractivity contribution < 1.29 is 23.1 Å². The van der Waals surface area contributed by atoms with Crippen molar-refractivity contribution in [3.63, 3.8) is 0 Å². The quantitative estimate of drug-likeness (QED) is 0.421. The average molecular weight is 518 g/mol. The molecule has 0 aliphatic carbocycles. The molecule has 1 unspecified atom stereocenters. The van der Waals surface area contributed by atoms with Gasteiger partial charge in [-0.1, -0.05) is 12.1 Å². The molecule has 9 nitrogen and oxygen atoms in total. The molecule has 1 amide bonds. The molecule has 2 aliphatic heterocycles. The summed E-state index contributed by atoms with van der Waals surface area (Å²) in [5, 5.41) is 13.2. The third kappa shape index (κ3) is 5.48. The molecule has 3 aromatic rings. The van der Waals surface area contributed by atoms with Gasteiger partial charge in [0, 0.05) is 32.6 Å². The molecule has 5 rings (SSSR count). The second-order valence-electron chi connectivity index (χ2n) is 9.55. The molecule has 198 valence electrons. The van der Waals surface area contributed by atoms with E-state index >= 15 is 0 Å². The van der Waals surface area contributed by atoms with Crippen molar-refractivity contribution >= 4 is 28.8 Å². The Kier molecular flexibility index (Phi) is 7.18. The van der Waals surface area contributed by atoms with E-state index < -0.39 is 11.7 Å². The fourth-order valence-electron chi connectivity index (χ4n) is 5.00. The highest BCUT2D eigenvalue weighted by Gasteiger charge is 2.30. The van der Waals surface area contributed by atoms with Crippen molar-refractivity contribution in [2.75, 3.05) is 43.0 Å². The molecule has 2 saturated heterocycles. The Morgan fingerprint density at radius 1 is 1.11 bits per heavy atom. The van der Waals surface area contributed by atoms with Gasteiger partial charge in [-0.3, -0.25) is 4.79 Å². The van der Waals surface area contributed by atoms with Crippen LogP contribution < -0.4 is 10.2 Å². The average Bonchev–Trinajstić information content (AvgIpc) is 3.62. The first kappa shape index (κ1) is 25.2. The van der Waals surface area contributed by atoms with Crippen LogP contribution in [0.15, 0.2) is 30.6 Å². The van der Waals surface area contributed by atoms with E-state index in [1.54, 1.807) is 10.9 Å². The van der Waals surface area contributed by atoms with Crippen molar-refractivity contribution in [1.29, 1.82) is 0 Å². The van der Waals surface area contributed by atoms with E-state index in [1.165, 1.54) is 12.1 Å². The zero-order valence-corrected chi connectivity index (χ0v) is 20.4. The van der Waals surface area contributed by atoms with Gasteiger partial charge in [0.15, 0.2) is 17.0 Å². The third-order valence-electron chi connectivity index (χ3n) is 7.00. The Morgan fingerprint density at radius 2 is 1.92 bits per heavy atom. The van der Waals surface area contributed by atoms with Gasteiger partial charge >= 0.3 is 6.18 Å². The predicted octanol–water partition coefficient (Wildman–Crippen LogP) is 3.28. The summed E-state index contributed by atoms with van der Waals surface area (Å²) in [7, 11) is 0. The predicted molar refractivity (Wildman–Crippen MR) is 132 cm³/mol. The van der Waals surface area contributed by atoms with E-state index in [0.717, 1.165) is 50.9 Å². The smallest absolute Gasteiger partial charge is 0.394 e. The number of fused-ring (bicyclic) bond motifs is 1. The Morgan fingerprint density at radius 3 is 2.62 bits per heavy atom. The van der Waals surface area contributed by atoms with E-state index in [2.05, 4.69) is 10.3 Å². The zero-order chi connectivity index (χ0) is 26.0. The van der Waals surface area contributed by atoms with Crippen LogP contribution >= 0.6 is 0 Å². The van der Waals surface area contributed by atoms with Gasteiger partial charge in [-0.05, 0) is 43.4 Å². The van der Waals surface area contributed by atoms with E-state index in [-0.39, 0.29) is 18.6 Å². The number of hydrogen-bond acceptors (Lipinski definition) is 7. The highest BCUT2D eigenvalue weighted by molar-refractivity contribution is 5.84. The number of aliphatic hydroxyl groups excluding tert-OH is 1. The van der Waals surface area contributed by atoms with Gasteiger partial charge in [-0.2, -0.15) is 23.1 Å². The minimum atomic E-state index is -4.38.